The molecule has 1 aliphatic carbocycles. The molecule has 0 bridgehead atoms. The van der Waals surface area contributed by atoms with Crippen LogP contribution in [0.1, 0.15) is 34.1 Å². The largest absolute Gasteiger partial charge is 0.507 e. The summed E-state index contributed by atoms with van der Waals surface area (Å²) in [5, 5.41) is 19.3. The minimum atomic E-state index is -0.775. The fourth-order valence-electron chi connectivity index (χ4n) is 2.45. The second kappa shape index (κ2) is 3.93. The zero-order valence-corrected chi connectivity index (χ0v) is 10.2. The van der Waals surface area contributed by atoms with E-state index in [1.807, 2.05) is 0 Å². The molecule has 0 saturated heterocycles. The number of carbonyl (C=O) groups excluding carboxylic acids is 2. The van der Waals surface area contributed by atoms with E-state index < -0.39 is 23.8 Å². The number of aromatic hydroxyl groups is 1. The van der Waals surface area contributed by atoms with E-state index in [2.05, 4.69) is 0 Å². The Kier molecular flexibility index (Phi) is 2.46. The van der Waals surface area contributed by atoms with Crippen molar-refractivity contribution in [3.8, 4) is 5.75 Å². The number of Topliss-reactive ketones (excluding diaryl/α,β-unsaturated/α-hetero) is 2. The van der Waals surface area contributed by atoms with Gasteiger partial charge in [0, 0.05) is 12.0 Å². The highest BCUT2D eigenvalue weighted by Gasteiger charge is 2.42. The molecule has 2 aliphatic rings. The number of phenolic OH excluding ortho intramolecular Hbond substituents is 1. The first-order chi connectivity index (χ1) is 9.00. The molecule has 1 aromatic rings. The number of carbonyl (C=O) groups is 2. The lowest BCUT2D eigenvalue weighted by atomic mass is 9.86. The number of ether oxygens (including phenoxy) is 1. The molecule has 0 spiro atoms. The second-order valence-electron chi connectivity index (χ2n) is 4.77. The van der Waals surface area contributed by atoms with Crippen molar-refractivity contribution in [2.45, 2.75) is 25.6 Å². The van der Waals surface area contributed by atoms with Gasteiger partial charge in [-0.1, -0.05) is 6.07 Å². The Morgan fingerprint density at radius 3 is 2.74 bits per heavy atom. The van der Waals surface area contributed by atoms with Crippen molar-refractivity contribution in [1.29, 1.82) is 0 Å². The van der Waals surface area contributed by atoms with Gasteiger partial charge in [-0.25, -0.2) is 0 Å². The summed E-state index contributed by atoms with van der Waals surface area (Å²) in [6.07, 6.45) is -1.18. The van der Waals surface area contributed by atoms with Crippen molar-refractivity contribution in [3.05, 3.63) is 40.7 Å². The number of phenols is 1. The third-order valence-corrected chi connectivity index (χ3v) is 3.48. The van der Waals surface area contributed by atoms with Crippen LogP contribution in [0.5, 0.6) is 5.75 Å². The number of hydrogen-bond acceptors (Lipinski definition) is 5. The summed E-state index contributed by atoms with van der Waals surface area (Å²) in [5.41, 5.74) is 0.418. The molecule has 0 fully saturated rings. The lowest BCUT2D eigenvalue weighted by Gasteiger charge is -2.16. The molecule has 2 unspecified atom stereocenters. The maximum Gasteiger partial charge on any atom is 0.228 e. The Bertz CT molecular complexity index is 627. The van der Waals surface area contributed by atoms with Gasteiger partial charge in [-0.15, -0.1) is 0 Å². The third kappa shape index (κ3) is 1.58. The van der Waals surface area contributed by atoms with Crippen LogP contribution in [0.4, 0.5) is 0 Å². The third-order valence-electron chi connectivity index (χ3n) is 3.48. The molecule has 0 saturated carbocycles. The summed E-state index contributed by atoms with van der Waals surface area (Å²) in [5.74, 6) is -1.01. The Balaban J connectivity index is 2.10. The zero-order valence-electron chi connectivity index (χ0n) is 10.2. The molecular formula is C14H12O5. The average molecular weight is 260 g/mol. The highest BCUT2D eigenvalue weighted by molar-refractivity contribution is 6.27. The van der Waals surface area contributed by atoms with Crippen molar-refractivity contribution in [1.82, 2.24) is 0 Å². The number of aliphatic hydroxyl groups excluding tert-OH is 1. The van der Waals surface area contributed by atoms with E-state index in [1.54, 1.807) is 6.92 Å². The van der Waals surface area contributed by atoms with Crippen molar-refractivity contribution < 1.29 is 24.5 Å². The Hall–Kier alpha value is -2.14. The summed E-state index contributed by atoms with van der Waals surface area (Å²) < 4.78 is 5.38. The van der Waals surface area contributed by atoms with Gasteiger partial charge in [-0.3, -0.25) is 9.59 Å². The number of benzene rings is 1. The van der Waals surface area contributed by atoms with E-state index in [-0.39, 0.29) is 34.6 Å². The molecule has 1 aliphatic heterocycles. The molecule has 5 nitrogen and oxygen atoms in total. The van der Waals surface area contributed by atoms with Gasteiger partial charge in [-0.05, 0) is 19.1 Å². The van der Waals surface area contributed by atoms with Gasteiger partial charge in [0.05, 0.1) is 17.2 Å². The van der Waals surface area contributed by atoms with Crippen LogP contribution in [0.3, 0.4) is 0 Å². The summed E-state index contributed by atoms with van der Waals surface area (Å²) in [6, 6.07) is 4.36. The van der Waals surface area contributed by atoms with Gasteiger partial charge in [0.25, 0.3) is 0 Å². The van der Waals surface area contributed by atoms with Crippen LogP contribution >= 0.6 is 0 Å². The van der Waals surface area contributed by atoms with Gasteiger partial charge < -0.3 is 14.9 Å². The molecule has 3 rings (SSSR count). The first-order valence-corrected chi connectivity index (χ1v) is 6.00. The van der Waals surface area contributed by atoms with Crippen LogP contribution in [0.2, 0.25) is 0 Å². The fraction of sp³-hybridized carbons (Fsp3) is 0.286. The molecule has 2 N–H and O–H groups in total. The van der Waals surface area contributed by atoms with Gasteiger partial charge >= 0.3 is 0 Å². The van der Waals surface area contributed by atoms with Crippen molar-refractivity contribution >= 4 is 11.6 Å². The van der Waals surface area contributed by atoms with Crippen molar-refractivity contribution in [2.75, 3.05) is 0 Å². The highest BCUT2D eigenvalue weighted by atomic mass is 16.5. The minimum absolute atomic E-state index is 0.00833. The molecule has 19 heavy (non-hydrogen) atoms. The molecule has 0 aromatic heterocycles. The van der Waals surface area contributed by atoms with E-state index in [0.717, 1.165) is 0 Å². The van der Waals surface area contributed by atoms with Crippen LogP contribution < -0.4 is 0 Å². The molecule has 0 amide bonds. The predicted octanol–water partition coefficient (Wildman–Crippen LogP) is 1.19. The van der Waals surface area contributed by atoms with Crippen LogP contribution in [0.15, 0.2) is 29.5 Å². The van der Waals surface area contributed by atoms with Gasteiger partial charge in [0.15, 0.2) is 11.5 Å². The maximum atomic E-state index is 12.3. The van der Waals surface area contributed by atoms with Crippen molar-refractivity contribution in [3.63, 3.8) is 0 Å². The van der Waals surface area contributed by atoms with Gasteiger partial charge in [-0.2, -0.15) is 0 Å². The minimum Gasteiger partial charge on any atom is -0.507 e. The number of fused-ring (bicyclic) bond motifs is 1. The maximum absolute atomic E-state index is 12.3. The quantitative estimate of drug-likeness (QED) is 0.792. The van der Waals surface area contributed by atoms with E-state index in [9.17, 15) is 19.8 Å². The molecule has 1 aromatic carbocycles. The average Bonchev–Trinajstić information content (AvgIpc) is 2.81. The lowest BCUT2D eigenvalue weighted by molar-refractivity contribution is 0.0217. The molecule has 98 valence electrons. The molecule has 1 heterocycles. The molecular weight excluding hydrogens is 248 g/mol. The predicted molar refractivity (Wildman–Crippen MR) is 65.0 cm³/mol. The van der Waals surface area contributed by atoms with E-state index in [4.69, 9.17) is 4.74 Å². The Morgan fingerprint density at radius 2 is 2.05 bits per heavy atom. The first kappa shape index (κ1) is 11.9. The van der Waals surface area contributed by atoms with Gasteiger partial charge in [0.2, 0.25) is 5.78 Å². The number of ketones is 2. The Morgan fingerprint density at radius 1 is 1.32 bits per heavy atom. The SMILES string of the molecule is CC(O)C1CC2=C(O1)C(=O)c1cccc(O)c1C2=O. The topological polar surface area (TPSA) is 83.8 Å². The van der Waals surface area contributed by atoms with Gasteiger partial charge in [0.1, 0.15) is 11.9 Å². The monoisotopic (exact) mass is 260 g/mol. The van der Waals surface area contributed by atoms with Crippen molar-refractivity contribution in [2.24, 2.45) is 0 Å². The first-order valence-electron chi connectivity index (χ1n) is 6.00. The van der Waals surface area contributed by atoms with Crippen LogP contribution in [0.25, 0.3) is 0 Å². The summed E-state index contributed by atoms with van der Waals surface area (Å²) >= 11 is 0. The Labute approximate surface area is 109 Å². The number of hydrogen-bond donors (Lipinski definition) is 2. The zero-order chi connectivity index (χ0) is 13.7. The number of aliphatic hydroxyl groups is 1. The summed E-state index contributed by atoms with van der Waals surface area (Å²) in [7, 11) is 0. The smallest absolute Gasteiger partial charge is 0.228 e. The molecule has 2 atom stereocenters. The molecule has 5 heteroatoms. The normalized spacial score (nSPS) is 22.9. The second-order valence-corrected chi connectivity index (χ2v) is 4.77. The van der Waals surface area contributed by atoms with E-state index >= 15 is 0 Å². The fourth-order valence-corrected chi connectivity index (χ4v) is 2.45. The summed E-state index contributed by atoms with van der Waals surface area (Å²) in [4.78, 5) is 24.5. The van der Waals surface area contributed by atoms with Crippen LogP contribution in [-0.4, -0.2) is 34.0 Å². The number of allylic oxidation sites excluding steroid dienone is 1. The standard InChI is InChI=1S/C14H12O5/c1-6(15)10-5-8-12(17)11-7(3-2-4-9(11)16)13(18)14(8)19-10/h2-4,6,10,15-16H,5H2,1H3. The molecule has 0 radical (unpaired) electrons. The van der Waals surface area contributed by atoms with Crippen LogP contribution in [-0.2, 0) is 4.74 Å². The number of rotatable bonds is 1. The summed E-state index contributed by atoms with van der Waals surface area (Å²) in [6.45, 7) is 1.54. The van der Waals surface area contributed by atoms with E-state index in [0.29, 0.717) is 0 Å². The van der Waals surface area contributed by atoms with Crippen LogP contribution in [0, 0.1) is 0 Å². The van der Waals surface area contributed by atoms with E-state index in [1.165, 1.54) is 18.2 Å². The highest BCUT2D eigenvalue weighted by Crippen LogP contribution is 2.39. The lowest BCUT2D eigenvalue weighted by Crippen LogP contribution is -2.23.